The van der Waals surface area contributed by atoms with Gasteiger partial charge in [-0.3, -0.25) is 4.99 Å². The molecule has 0 aliphatic heterocycles. The molecule has 0 atom stereocenters. The van der Waals surface area contributed by atoms with Crippen molar-refractivity contribution in [1.29, 1.82) is 0 Å². The van der Waals surface area contributed by atoms with Crippen LogP contribution in [0.5, 0.6) is 0 Å². The van der Waals surface area contributed by atoms with E-state index < -0.39 is 0 Å². The molecule has 1 heterocycles. The van der Waals surface area contributed by atoms with Crippen LogP contribution in [-0.2, 0) is 6.42 Å². The van der Waals surface area contributed by atoms with Crippen molar-refractivity contribution in [2.45, 2.75) is 18.2 Å². The summed E-state index contributed by atoms with van der Waals surface area (Å²) in [5.41, 5.74) is 1.14. The Morgan fingerprint density at radius 2 is 1.96 bits per heavy atom. The van der Waals surface area contributed by atoms with E-state index in [1.165, 1.54) is 4.90 Å². The Morgan fingerprint density at radius 1 is 1.22 bits per heavy atom. The van der Waals surface area contributed by atoms with Crippen LogP contribution in [0.1, 0.15) is 10.7 Å². The fraction of sp³-hybridized carbons (Fsp3) is 0.375. The standard InChI is InChI=1S/C16H22N4S2.HI/c1-13-20-14(12-22-13)8-9-18-16(17-2)19-10-11-21-15-6-4-3-5-7-15;/h3-7,12H,8-11H2,1-2H3,(H2,17,18,19);1H. The summed E-state index contributed by atoms with van der Waals surface area (Å²) in [5.74, 6) is 1.86. The van der Waals surface area contributed by atoms with Crippen LogP contribution in [0.25, 0.3) is 0 Å². The first-order valence-electron chi connectivity index (χ1n) is 7.31. The van der Waals surface area contributed by atoms with Crippen molar-refractivity contribution in [3.63, 3.8) is 0 Å². The molecule has 0 amide bonds. The van der Waals surface area contributed by atoms with Crippen LogP contribution in [0, 0.1) is 6.92 Å². The van der Waals surface area contributed by atoms with Gasteiger partial charge in [-0.25, -0.2) is 4.98 Å². The number of hydrogen-bond acceptors (Lipinski definition) is 4. The summed E-state index contributed by atoms with van der Waals surface area (Å²) >= 11 is 3.54. The Morgan fingerprint density at radius 3 is 2.61 bits per heavy atom. The number of rotatable bonds is 7. The van der Waals surface area contributed by atoms with Gasteiger partial charge in [-0.2, -0.15) is 0 Å². The van der Waals surface area contributed by atoms with Crippen molar-refractivity contribution in [3.8, 4) is 0 Å². The van der Waals surface area contributed by atoms with E-state index in [-0.39, 0.29) is 24.0 Å². The maximum Gasteiger partial charge on any atom is 0.191 e. The molecule has 2 rings (SSSR count). The summed E-state index contributed by atoms with van der Waals surface area (Å²) in [5, 5.41) is 9.89. The van der Waals surface area contributed by atoms with Gasteiger partial charge in [0.1, 0.15) is 0 Å². The minimum Gasteiger partial charge on any atom is -0.356 e. The van der Waals surface area contributed by atoms with Crippen LogP contribution in [0.3, 0.4) is 0 Å². The zero-order valence-corrected chi connectivity index (χ0v) is 17.4. The minimum absolute atomic E-state index is 0. The van der Waals surface area contributed by atoms with Crippen molar-refractivity contribution >= 4 is 53.0 Å². The number of nitrogens with zero attached hydrogens (tertiary/aromatic N) is 2. The lowest BCUT2D eigenvalue weighted by atomic mass is 10.3. The number of halogens is 1. The number of hydrogen-bond donors (Lipinski definition) is 2. The zero-order chi connectivity index (χ0) is 15.6. The van der Waals surface area contributed by atoms with Crippen molar-refractivity contribution < 1.29 is 0 Å². The second-order valence-electron chi connectivity index (χ2n) is 4.70. The van der Waals surface area contributed by atoms with E-state index in [2.05, 4.69) is 50.3 Å². The maximum absolute atomic E-state index is 4.46. The third-order valence-electron chi connectivity index (χ3n) is 2.97. The molecule has 1 aromatic heterocycles. The lowest BCUT2D eigenvalue weighted by Gasteiger charge is -2.11. The minimum atomic E-state index is 0. The topological polar surface area (TPSA) is 49.3 Å². The number of nitrogens with one attached hydrogen (secondary N) is 2. The van der Waals surface area contributed by atoms with E-state index in [0.717, 1.165) is 41.9 Å². The van der Waals surface area contributed by atoms with Gasteiger partial charge >= 0.3 is 0 Å². The molecule has 23 heavy (non-hydrogen) atoms. The maximum atomic E-state index is 4.46. The lowest BCUT2D eigenvalue weighted by Crippen LogP contribution is -2.39. The van der Waals surface area contributed by atoms with Gasteiger partial charge in [-0.1, -0.05) is 18.2 Å². The van der Waals surface area contributed by atoms with Gasteiger partial charge in [0.15, 0.2) is 5.96 Å². The van der Waals surface area contributed by atoms with Crippen LogP contribution in [0.4, 0.5) is 0 Å². The van der Waals surface area contributed by atoms with Gasteiger partial charge in [0, 0.05) is 42.6 Å². The zero-order valence-electron chi connectivity index (χ0n) is 13.4. The van der Waals surface area contributed by atoms with Crippen molar-refractivity contribution in [2.75, 3.05) is 25.9 Å². The molecule has 2 N–H and O–H groups in total. The Kier molecular flexibility index (Phi) is 10.3. The monoisotopic (exact) mass is 462 g/mol. The molecule has 2 aromatic rings. The average Bonchev–Trinajstić information content (AvgIpc) is 2.96. The summed E-state index contributed by atoms with van der Waals surface area (Å²) in [6.07, 6.45) is 0.920. The molecule has 0 aliphatic rings. The normalized spacial score (nSPS) is 11.0. The molecular formula is C16H23IN4S2. The molecule has 126 valence electrons. The van der Waals surface area contributed by atoms with E-state index >= 15 is 0 Å². The van der Waals surface area contributed by atoms with Gasteiger partial charge in [0.25, 0.3) is 0 Å². The average molecular weight is 462 g/mol. The van der Waals surface area contributed by atoms with E-state index in [1.807, 2.05) is 24.8 Å². The molecule has 0 saturated carbocycles. The van der Waals surface area contributed by atoms with Crippen LogP contribution >= 0.6 is 47.1 Å². The van der Waals surface area contributed by atoms with Gasteiger partial charge in [0.05, 0.1) is 10.7 Å². The fourth-order valence-electron chi connectivity index (χ4n) is 1.91. The summed E-state index contributed by atoms with van der Waals surface area (Å²) in [6, 6.07) is 10.4. The second-order valence-corrected chi connectivity index (χ2v) is 6.93. The Balaban J connectivity index is 0.00000264. The lowest BCUT2D eigenvalue weighted by molar-refractivity contribution is 0.800. The molecule has 0 bridgehead atoms. The highest BCUT2D eigenvalue weighted by Crippen LogP contribution is 2.15. The number of thiazole rings is 1. The highest BCUT2D eigenvalue weighted by molar-refractivity contribution is 14.0. The summed E-state index contributed by atoms with van der Waals surface area (Å²) in [4.78, 5) is 9.99. The number of benzene rings is 1. The fourth-order valence-corrected chi connectivity index (χ4v) is 3.34. The van der Waals surface area contributed by atoms with Gasteiger partial charge < -0.3 is 10.6 Å². The molecular weight excluding hydrogens is 439 g/mol. The number of guanidine groups is 1. The van der Waals surface area contributed by atoms with E-state index in [1.54, 1.807) is 18.4 Å². The highest BCUT2D eigenvalue weighted by atomic mass is 127. The first kappa shape index (κ1) is 20.2. The third kappa shape index (κ3) is 8.03. The van der Waals surface area contributed by atoms with E-state index in [0.29, 0.717) is 0 Å². The van der Waals surface area contributed by atoms with Crippen LogP contribution < -0.4 is 10.6 Å². The van der Waals surface area contributed by atoms with Gasteiger partial charge in [0.2, 0.25) is 0 Å². The first-order valence-corrected chi connectivity index (χ1v) is 9.18. The van der Waals surface area contributed by atoms with Gasteiger partial charge in [-0.05, 0) is 19.1 Å². The predicted octanol–water partition coefficient (Wildman–Crippen LogP) is 3.57. The molecule has 0 radical (unpaired) electrons. The van der Waals surface area contributed by atoms with Crippen molar-refractivity contribution in [1.82, 2.24) is 15.6 Å². The number of aryl methyl sites for hydroxylation is 1. The third-order valence-corrected chi connectivity index (χ3v) is 4.81. The molecule has 0 fully saturated rings. The second kappa shape index (κ2) is 11.7. The molecule has 0 saturated heterocycles. The SMILES string of the molecule is CN=C(NCCSc1ccccc1)NCCc1csc(C)n1.I. The van der Waals surface area contributed by atoms with Crippen molar-refractivity contribution in [3.05, 3.63) is 46.4 Å². The van der Waals surface area contributed by atoms with Gasteiger partial charge in [-0.15, -0.1) is 47.1 Å². The number of aromatic nitrogens is 1. The summed E-state index contributed by atoms with van der Waals surface area (Å²) in [6.45, 7) is 3.76. The molecule has 0 unspecified atom stereocenters. The molecule has 0 aliphatic carbocycles. The number of thioether (sulfide) groups is 1. The molecule has 1 aromatic carbocycles. The summed E-state index contributed by atoms with van der Waals surface area (Å²) < 4.78 is 0. The molecule has 7 heteroatoms. The molecule has 0 spiro atoms. The largest absolute Gasteiger partial charge is 0.356 e. The summed E-state index contributed by atoms with van der Waals surface area (Å²) in [7, 11) is 1.80. The number of aliphatic imine (C=N–C) groups is 1. The quantitative estimate of drug-likeness (QED) is 0.217. The van der Waals surface area contributed by atoms with Crippen LogP contribution in [0.2, 0.25) is 0 Å². The smallest absolute Gasteiger partial charge is 0.191 e. The Hall–Kier alpha value is -0.800. The first-order chi connectivity index (χ1) is 10.8. The molecule has 4 nitrogen and oxygen atoms in total. The Bertz CT molecular complexity index is 587. The van der Waals surface area contributed by atoms with Crippen LogP contribution in [-0.4, -0.2) is 36.8 Å². The predicted molar refractivity (Wildman–Crippen MR) is 113 cm³/mol. The van der Waals surface area contributed by atoms with Crippen LogP contribution in [0.15, 0.2) is 45.6 Å². The Labute approximate surface area is 163 Å². The van der Waals surface area contributed by atoms with E-state index in [4.69, 9.17) is 0 Å². The highest BCUT2D eigenvalue weighted by Gasteiger charge is 2.00. The van der Waals surface area contributed by atoms with E-state index in [9.17, 15) is 0 Å². The van der Waals surface area contributed by atoms with Crippen molar-refractivity contribution in [2.24, 2.45) is 4.99 Å².